The minimum absolute atomic E-state index is 0.0755. The molecule has 0 aliphatic heterocycles. The maximum Gasteiger partial charge on any atom is 0.227 e. The topological polar surface area (TPSA) is 45.9 Å². The molecule has 1 aromatic heterocycles. The standard InChI is InChI=1S/C13H7ClNO2/c14-9-3-1-8(2-4-9)13-15-11-7-10(16)5-6-12(11)17-13/h1-7H. The van der Waals surface area contributed by atoms with E-state index in [9.17, 15) is 5.11 Å². The maximum atomic E-state index is 11.2. The second-order valence-corrected chi connectivity index (χ2v) is 4.09. The van der Waals surface area contributed by atoms with Crippen LogP contribution in [-0.4, -0.2) is 4.98 Å². The molecule has 0 N–H and O–H groups in total. The van der Waals surface area contributed by atoms with Crippen LogP contribution in [-0.2, 0) is 5.11 Å². The fourth-order valence-electron chi connectivity index (χ4n) is 1.62. The van der Waals surface area contributed by atoms with Gasteiger partial charge in [0.05, 0.1) is 0 Å². The molecule has 17 heavy (non-hydrogen) atoms. The Kier molecular flexibility index (Phi) is 2.27. The van der Waals surface area contributed by atoms with Crippen molar-refractivity contribution in [3.8, 4) is 17.2 Å². The Bertz CT molecular complexity index is 673. The van der Waals surface area contributed by atoms with E-state index in [1.807, 2.05) is 12.1 Å². The number of benzene rings is 2. The van der Waals surface area contributed by atoms with Gasteiger partial charge in [-0.1, -0.05) is 11.6 Å². The largest absolute Gasteiger partial charge is 0.436 e. The van der Waals surface area contributed by atoms with Crippen molar-refractivity contribution in [1.29, 1.82) is 0 Å². The van der Waals surface area contributed by atoms with E-state index in [1.54, 1.807) is 18.2 Å². The van der Waals surface area contributed by atoms with Crippen molar-refractivity contribution >= 4 is 22.7 Å². The van der Waals surface area contributed by atoms with Crippen LogP contribution in [0.1, 0.15) is 0 Å². The van der Waals surface area contributed by atoms with Crippen molar-refractivity contribution in [1.82, 2.24) is 4.98 Å². The molecule has 0 aliphatic carbocycles. The van der Waals surface area contributed by atoms with Gasteiger partial charge in [0.25, 0.3) is 0 Å². The van der Waals surface area contributed by atoms with Gasteiger partial charge in [-0.15, -0.1) is 0 Å². The van der Waals surface area contributed by atoms with E-state index in [4.69, 9.17) is 16.0 Å². The van der Waals surface area contributed by atoms with Gasteiger partial charge in [-0.05, 0) is 36.4 Å². The number of fused-ring (bicyclic) bond motifs is 1. The van der Waals surface area contributed by atoms with E-state index in [-0.39, 0.29) is 5.75 Å². The Morgan fingerprint density at radius 1 is 1.06 bits per heavy atom. The third-order valence-electron chi connectivity index (χ3n) is 2.45. The van der Waals surface area contributed by atoms with Crippen molar-refractivity contribution in [2.75, 3.05) is 0 Å². The smallest absolute Gasteiger partial charge is 0.227 e. The summed E-state index contributed by atoms with van der Waals surface area (Å²) in [6.45, 7) is 0. The van der Waals surface area contributed by atoms with E-state index in [1.165, 1.54) is 12.1 Å². The molecule has 0 atom stereocenters. The number of halogens is 1. The van der Waals surface area contributed by atoms with Crippen molar-refractivity contribution in [2.45, 2.75) is 0 Å². The number of nitrogens with zero attached hydrogens (tertiary/aromatic N) is 1. The molecule has 0 spiro atoms. The summed E-state index contributed by atoms with van der Waals surface area (Å²) in [5, 5.41) is 11.8. The highest BCUT2D eigenvalue weighted by Crippen LogP contribution is 2.27. The Morgan fingerprint density at radius 3 is 2.59 bits per heavy atom. The first kappa shape index (κ1) is 10.2. The van der Waals surface area contributed by atoms with Crippen molar-refractivity contribution in [3.05, 3.63) is 47.5 Å². The molecule has 0 unspecified atom stereocenters. The van der Waals surface area contributed by atoms with E-state index >= 15 is 0 Å². The van der Waals surface area contributed by atoms with Gasteiger partial charge in [0.15, 0.2) is 11.3 Å². The summed E-state index contributed by atoms with van der Waals surface area (Å²) in [5.41, 5.74) is 2.01. The molecule has 83 valence electrons. The molecule has 0 aliphatic rings. The van der Waals surface area contributed by atoms with Crippen molar-refractivity contribution in [2.24, 2.45) is 0 Å². The zero-order chi connectivity index (χ0) is 11.8. The average molecular weight is 245 g/mol. The quantitative estimate of drug-likeness (QED) is 0.641. The molecule has 1 heterocycles. The molecule has 3 nitrogen and oxygen atoms in total. The van der Waals surface area contributed by atoms with Gasteiger partial charge in [0.2, 0.25) is 5.89 Å². The molecular formula is C13H7ClNO2. The van der Waals surface area contributed by atoms with Crippen LogP contribution in [0.3, 0.4) is 0 Å². The van der Waals surface area contributed by atoms with Crippen LogP contribution in [0.2, 0.25) is 5.02 Å². The molecule has 1 radical (unpaired) electrons. The first-order chi connectivity index (χ1) is 8.22. The Balaban J connectivity index is 2.14. The third-order valence-corrected chi connectivity index (χ3v) is 2.70. The highest BCUT2D eigenvalue weighted by Gasteiger charge is 2.08. The van der Waals surface area contributed by atoms with Gasteiger partial charge < -0.3 is 4.42 Å². The fourth-order valence-corrected chi connectivity index (χ4v) is 1.75. The zero-order valence-electron chi connectivity index (χ0n) is 8.68. The molecule has 3 rings (SSSR count). The van der Waals surface area contributed by atoms with E-state index < -0.39 is 0 Å². The maximum absolute atomic E-state index is 11.2. The number of rotatable bonds is 1. The van der Waals surface area contributed by atoms with E-state index in [0.717, 1.165) is 5.56 Å². The minimum Gasteiger partial charge on any atom is -0.436 e. The Morgan fingerprint density at radius 2 is 1.82 bits per heavy atom. The first-order valence-corrected chi connectivity index (χ1v) is 5.44. The lowest BCUT2D eigenvalue weighted by atomic mass is 10.2. The van der Waals surface area contributed by atoms with Crippen molar-refractivity contribution in [3.63, 3.8) is 0 Å². The minimum atomic E-state index is -0.0755. The predicted molar refractivity (Wildman–Crippen MR) is 64.6 cm³/mol. The first-order valence-electron chi connectivity index (χ1n) is 5.06. The molecule has 2 aromatic carbocycles. The van der Waals surface area contributed by atoms with Gasteiger partial charge in [0.1, 0.15) is 5.52 Å². The van der Waals surface area contributed by atoms with Gasteiger partial charge in [0, 0.05) is 16.7 Å². The van der Waals surface area contributed by atoms with E-state index in [2.05, 4.69) is 4.98 Å². The van der Waals surface area contributed by atoms with Gasteiger partial charge in [-0.2, -0.15) is 0 Å². The second kappa shape index (κ2) is 3.79. The summed E-state index contributed by atoms with van der Waals surface area (Å²) in [6.07, 6.45) is 0. The van der Waals surface area contributed by atoms with Crippen LogP contribution >= 0.6 is 11.6 Å². The van der Waals surface area contributed by atoms with Crippen LogP contribution in [0.5, 0.6) is 5.75 Å². The summed E-state index contributed by atoms with van der Waals surface area (Å²) in [6, 6.07) is 11.7. The van der Waals surface area contributed by atoms with Crippen LogP contribution in [0, 0.1) is 0 Å². The zero-order valence-corrected chi connectivity index (χ0v) is 9.44. The number of oxazole rings is 1. The highest BCUT2D eigenvalue weighted by atomic mass is 35.5. The average Bonchev–Trinajstić information content (AvgIpc) is 2.72. The lowest BCUT2D eigenvalue weighted by Gasteiger charge is -1.94. The van der Waals surface area contributed by atoms with Crippen LogP contribution in [0.4, 0.5) is 0 Å². The summed E-state index contributed by atoms with van der Waals surface area (Å²) < 4.78 is 5.56. The molecule has 0 amide bonds. The molecule has 4 heteroatoms. The molecule has 0 fully saturated rings. The van der Waals surface area contributed by atoms with Crippen molar-refractivity contribution < 1.29 is 9.52 Å². The summed E-state index contributed by atoms with van der Waals surface area (Å²) in [7, 11) is 0. The molecule has 3 aromatic rings. The molecule has 0 bridgehead atoms. The molecule has 0 saturated carbocycles. The third kappa shape index (κ3) is 1.85. The second-order valence-electron chi connectivity index (χ2n) is 3.66. The van der Waals surface area contributed by atoms with Gasteiger partial charge >= 0.3 is 0 Å². The van der Waals surface area contributed by atoms with Crippen LogP contribution in [0.15, 0.2) is 46.9 Å². The Labute approximate surface area is 102 Å². The fraction of sp³-hybridized carbons (Fsp3) is 0. The van der Waals surface area contributed by atoms with Gasteiger partial charge in [-0.3, -0.25) is 5.11 Å². The molecular weight excluding hydrogens is 238 g/mol. The number of hydrogen-bond donors (Lipinski definition) is 0. The lowest BCUT2D eigenvalue weighted by molar-refractivity contribution is 0.355. The van der Waals surface area contributed by atoms with E-state index in [0.29, 0.717) is 22.0 Å². The summed E-state index contributed by atoms with van der Waals surface area (Å²) >= 11 is 5.81. The van der Waals surface area contributed by atoms with Crippen LogP contribution < -0.4 is 0 Å². The summed E-state index contributed by atoms with van der Waals surface area (Å²) in [4.78, 5) is 4.26. The number of aromatic nitrogens is 1. The summed E-state index contributed by atoms with van der Waals surface area (Å²) in [5.74, 6) is 0.413. The predicted octanol–water partition coefficient (Wildman–Crippen LogP) is 4.29. The highest BCUT2D eigenvalue weighted by molar-refractivity contribution is 6.30. The Hall–Kier alpha value is -2.00. The monoisotopic (exact) mass is 244 g/mol. The normalized spacial score (nSPS) is 10.9. The molecule has 0 saturated heterocycles. The lowest BCUT2D eigenvalue weighted by Crippen LogP contribution is -1.75. The van der Waals surface area contributed by atoms with Gasteiger partial charge in [-0.25, -0.2) is 4.98 Å². The SMILES string of the molecule is [O]c1ccc2oc(-c3ccc(Cl)cc3)nc2c1. The van der Waals surface area contributed by atoms with Crippen LogP contribution in [0.25, 0.3) is 22.6 Å². The number of hydrogen-bond acceptors (Lipinski definition) is 2.